The van der Waals surface area contributed by atoms with Crippen LogP contribution >= 0.6 is 0 Å². The molecule has 3 aromatic carbocycles. The molecule has 5 rings (SSSR count). The predicted octanol–water partition coefficient (Wildman–Crippen LogP) is 6.76. The van der Waals surface area contributed by atoms with Gasteiger partial charge < -0.3 is 34.1 Å². The Balaban J connectivity index is 1.15. The van der Waals surface area contributed by atoms with Crippen molar-refractivity contribution in [2.75, 3.05) is 33.1 Å². The summed E-state index contributed by atoms with van der Waals surface area (Å²) in [6.07, 6.45) is 7.32. The third-order valence-corrected chi connectivity index (χ3v) is 8.47. The van der Waals surface area contributed by atoms with Gasteiger partial charge in [-0.3, -0.25) is 14.4 Å². The molecule has 0 bridgehead atoms. The average molecular weight is 646 g/mol. The maximum Gasteiger partial charge on any atom is 0.303 e. The molecule has 10 nitrogen and oxygen atoms in total. The summed E-state index contributed by atoms with van der Waals surface area (Å²) >= 11 is 0. The van der Waals surface area contributed by atoms with Crippen molar-refractivity contribution < 1.29 is 43.5 Å². The van der Waals surface area contributed by atoms with Crippen LogP contribution in [0.25, 0.3) is 11.1 Å². The first kappa shape index (κ1) is 33.6. The number of carbonyl (C=O) groups excluding carboxylic acids is 1. The fourth-order valence-corrected chi connectivity index (χ4v) is 6.01. The molecule has 2 heterocycles. The first-order valence-electron chi connectivity index (χ1n) is 16.5. The van der Waals surface area contributed by atoms with Crippen molar-refractivity contribution in [2.45, 2.75) is 70.6 Å². The maximum absolute atomic E-state index is 13.3. The van der Waals surface area contributed by atoms with E-state index < -0.39 is 11.9 Å². The molecular formula is C37H43NO9. The Hall–Kier alpha value is -4.73. The minimum atomic E-state index is -0.870. The zero-order valence-electron chi connectivity index (χ0n) is 26.7. The molecule has 0 aromatic heterocycles. The third-order valence-electron chi connectivity index (χ3n) is 8.47. The number of hydrogen-bond donors (Lipinski definition) is 2. The number of ether oxygens (including phenoxy) is 4. The Kier molecular flexibility index (Phi) is 12.0. The number of aryl methyl sites for hydroxylation is 1. The molecule has 47 heavy (non-hydrogen) atoms. The summed E-state index contributed by atoms with van der Waals surface area (Å²) in [5.74, 6) is 0.966. The van der Waals surface area contributed by atoms with Crippen molar-refractivity contribution >= 4 is 17.8 Å². The maximum atomic E-state index is 13.3. The van der Waals surface area contributed by atoms with Crippen molar-refractivity contribution in [3.63, 3.8) is 0 Å². The van der Waals surface area contributed by atoms with E-state index in [0.717, 1.165) is 80.3 Å². The van der Waals surface area contributed by atoms with Crippen LogP contribution in [0.4, 0.5) is 0 Å². The van der Waals surface area contributed by atoms with Gasteiger partial charge in [0, 0.05) is 31.5 Å². The summed E-state index contributed by atoms with van der Waals surface area (Å²) in [6, 6.07) is 17.2. The minimum absolute atomic E-state index is 0.00104. The van der Waals surface area contributed by atoms with Gasteiger partial charge in [-0.2, -0.15) is 0 Å². The van der Waals surface area contributed by atoms with E-state index in [9.17, 15) is 19.5 Å². The number of carbonyl (C=O) groups is 3. The Morgan fingerprint density at radius 3 is 2.30 bits per heavy atom. The topological polar surface area (TPSA) is 132 Å². The summed E-state index contributed by atoms with van der Waals surface area (Å²) in [4.78, 5) is 37.3. The van der Waals surface area contributed by atoms with E-state index in [0.29, 0.717) is 48.0 Å². The number of unbranched alkanes of at least 4 members (excludes halogenated alkanes) is 3. The molecule has 0 unspecified atom stereocenters. The Morgan fingerprint density at radius 1 is 0.723 bits per heavy atom. The highest BCUT2D eigenvalue weighted by Crippen LogP contribution is 2.37. The second kappa shape index (κ2) is 16.7. The van der Waals surface area contributed by atoms with E-state index in [1.807, 2.05) is 59.5 Å². The summed E-state index contributed by atoms with van der Waals surface area (Å²) in [5.41, 5.74) is 4.37. The molecule has 0 saturated carbocycles. The quantitative estimate of drug-likeness (QED) is 0.144. The number of aliphatic carboxylic acids is 2. The lowest BCUT2D eigenvalue weighted by atomic mass is 9.97. The fourth-order valence-electron chi connectivity index (χ4n) is 6.01. The smallest absolute Gasteiger partial charge is 0.303 e. The van der Waals surface area contributed by atoms with E-state index in [1.54, 1.807) is 0 Å². The molecule has 2 aliphatic heterocycles. The van der Waals surface area contributed by atoms with E-state index in [-0.39, 0.29) is 32.1 Å². The molecule has 250 valence electrons. The second-order valence-corrected chi connectivity index (χ2v) is 12.0. The first-order chi connectivity index (χ1) is 22.9. The molecule has 0 aliphatic carbocycles. The van der Waals surface area contributed by atoms with E-state index in [4.69, 9.17) is 24.1 Å². The zero-order chi connectivity index (χ0) is 33.0. The van der Waals surface area contributed by atoms with Gasteiger partial charge in [0.25, 0.3) is 5.91 Å². The molecule has 0 radical (unpaired) electrons. The lowest BCUT2D eigenvalue weighted by Gasteiger charge is -2.17. The fraction of sp³-hybridized carbons (Fsp3) is 0.432. The van der Waals surface area contributed by atoms with Gasteiger partial charge in [-0.15, -0.1) is 0 Å². The van der Waals surface area contributed by atoms with E-state index in [2.05, 4.69) is 0 Å². The van der Waals surface area contributed by atoms with Gasteiger partial charge in [0.05, 0.1) is 13.2 Å². The summed E-state index contributed by atoms with van der Waals surface area (Å²) in [7, 11) is 0. The minimum Gasteiger partial charge on any atom is -0.494 e. The molecule has 1 saturated heterocycles. The monoisotopic (exact) mass is 645 g/mol. The van der Waals surface area contributed by atoms with Gasteiger partial charge in [-0.1, -0.05) is 31.0 Å². The number of carboxylic acids is 2. The largest absolute Gasteiger partial charge is 0.494 e. The van der Waals surface area contributed by atoms with Gasteiger partial charge in [0.1, 0.15) is 11.5 Å². The Bertz CT molecular complexity index is 1550. The van der Waals surface area contributed by atoms with Crippen LogP contribution in [-0.2, 0) is 22.4 Å². The highest BCUT2D eigenvalue weighted by atomic mass is 16.7. The molecule has 0 spiro atoms. The Labute approximate surface area is 275 Å². The molecule has 1 fully saturated rings. The van der Waals surface area contributed by atoms with Crippen molar-refractivity contribution in [3.8, 4) is 34.1 Å². The van der Waals surface area contributed by atoms with Crippen LogP contribution in [0.2, 0.25) is 0 Å². The van der Waals surface area contributed by atoms with Gasteiger partial charge in [0.2, 0.25) is 6.79 Å². The Morgan fingerprint density at radius 2 is 1.49 bits per heavy atom. The first-order valence-corrected chi connectivity index (χ1v) is 16.5. The molecule has 2 N–H and O–H groups in total. The molecule has 3 aromatic rings. The number of carboxylic acid groups (broad SMARTS) is 2. The van der Waals surface area contributed by atoms with Crippen molar-refractivity contribution in [1.82, 2.24) is 4.90 Å². The number of likely N-dealkylation sites (tertiary alicyclic amines) is 1. The van der Waals surface area contributed by atoms with Crippen LogP contribution in [0, 0.1) is 0 Å². The normalized spacial score (nSPS) is 13.5. The van der Waals surface area contributed by atoms with Gasteiger partial charge in [0.15, 0.2) is 11.5 Å². The zero-order valence-corrected chi connectivity index (χ0v) is 26.7. The van der Waals surface area contributed by atoms with Crippen LogP contribution < -0.4 is 18.9 Å². The van der Waals surface area contributed by atoms with Gasteiger partial charge in [-0.25, -0.2) is 0 Å². The molecule has 1 amide bonds. The lowest BCUT2D eigenvalue weighted by Crippen LogP contribution is -2.27. The van der Waals surface area contributed by atoms with Crippen molar-refractivity contribution in [1.29, 1.82) is 0 Å². The van der Waals surface area contributed by atoms with E-state index in [1.165, 1.54) is 0 Å². The predicted molar refractivity (Wildman–Crippen MR) is 176 cm³/mol. The summed E-state index contributed by atoms with van der Waals surface area (Å²) in [6.45, 7) is 2.53. The molecule has 10 heteroatoms. The summed E-state index contributed by atoms with van der Waals surface area (Å²) in [5, 5.41) is 18.1. The SMILES string of the molecule is O=C(O)CCCOc1cccc(CCCCCCOc2cc(C(=O)N3CCCC3)cc(-c3ccc4c(c3)OCO4)c2)c1CCC(=O)O. The van der Waals surface area contributed by atoms with Crippen LogP contribution in [0.3, 0.4) is 0 Å². The van der Waals surface area contributed by atoms with Gasteiger partial charge >= 0.3 is 11.9 Å². The molecule has 2 aliphatic rings. The van der Waals surface area contributed by atoms with E-state index >= 15 is 0 Å². The van der Waals surface area contributed by atoms with Crippen molar-refractivity contribution in [3.05, 3.63) is 71.3 Å². The third kappa shape index (κ3) is 9.64. The standard InChI is InChI=1S/C37H43NO9/c39-35(40)12-8-20-45-32-11-7-10-26(31(32)14-16-36(41)42)9-3-1-2-6-19-44-30-22-28(27-13-15-33-34(24-27)47-25-46-33)21-29(23-30)37(43)38-17-4-5-18-38/h7,10-11,13,15,21-24H,1-6,8-9,12,14,16-20,25H2,(H,39,40)(H,41,42). The highest BCUT2D eigenvalue weighted by molar-refractivity contribution is 5.96. The summed E-state index contributed by atoms with van der Waals surface area (Å²) < 4.78 is 23.1. The van der Waals surface area contributed by atoms with Crippen LogP contribution in [0.1, 0.15) is 79.3 Å². The number of fused-ring (bicyclic) bond motifs is 1. The average Bonchev–Trinajstić information content (AvgIpc) is 3.78. The lowest BCUT2D eigenvalue weighted by molar-refractivity contribution is -0.138. The van der Waals surface area contributed by atoms with Crippen molar-refractivity contribution in [2.24, 2.45) is 0 Å². The number of benzene rings is 3. The second-order valence-electron chi connectivity index (χ2n) is 12.0. The van der Waals surface area contributed by atoms with Crippen LogP contribution in [0.15, 0.2) is 54.6 Å². The highest BCUT2D eigenvalue weighted by Gasteiger charge is 2.22. The number of nitrogens with zero attached hydrogens (tertiary/aromatic N) is 1. The number of rotatable bonds is 18. The number of amides is 1. The van der Waals surface area contributed by atoms with Crippen LogP contribution in [-0.4, -0.2) is 66.1 Å². The van der Waals surface area contributed by atoms with Crippen LogP contribution in [0.5, 0.6) is 23.0 Å². The number of hydrogen-bond acceptors (Lipinski definition) is 7. The van der Waals surface area contributed by atoms with Gasteiger partial charge in [-0.05, 0) is 104 Å². The molecular weight excluding hydrogens is 602 g/mol. The molecule has 0 atom stereocenters.